The molecule has 0 aromatic heterocycles. The molecule has 1 aromatic carbocycles. The summed E-state index contributed by atoms with van der Waals surface area (Å²) >= 11 is 6.47. The van der Waals surface area contributed by atoms with Crippen LogP contribution >= 0.6 is 11.6 Å². The van der Waals surface area contributed by atoms with E-state index < -0.39 is 0 Å². The molecule has 0 bridgehead atoms. The molecule has 1 fully saturated rings. The van der Waals surface area contributed by atoms with E-state index in [2.05, 4.69) is 43.2 Å². The quantitative estimate of drug-likeness (QED) is 0.833. The van der Waals surface area contributed by atoms with Crippen molar-refractivity contribution in [2.75, 3.05) is 18.5 Å². The summed E-state index contributed by atoms with van der Waals surface area (Å²) in [6.45, 7) is 6.40. The van der Waals surface area contributed by atoms with Crippen LogP contribution < -0.4 is 10.2 Å². The topological polar surface area (TPSA) is 15.3 Å². The Labute approximate surface area is 128 Å². The van der Waals surface area contributed by atoms with E-state index in [1.54, 1.807) is 0 Å². The van der Waals surface area contributed by atoms with Crippen molar-refractivity contribution in [2.24, 2.45) is 5.92 Å². The summed E-state index contributed by atoms with van der Waals surface area (Å²) in [5, 5.41) is 4.41. The third-order valence-electron chi connectivity index (χ3n) is 4.16. The normalized spacial score (nSPS) is 16.1. The fraction of sp³-hybridized carbons (Fsp3) is 0.647. The zero-order valence-corrected chi connectivity index (χ0v) is 13.7. The first-order valence-corrected chi connectivity index (χ1v) is 8.18. The lowest BCUT2D eigenvalue weighted by Gasteiger charge is -2.30. The van der Waals surface area contributed by atoms with Crippen LogP contribution in [0.4, 0.5) is 5.69 Å². The number of hydrogen-bond donors (Lipinski definition) is 1. The summed E-state index contributed by atoms with van der Waals surface area (Å²) in [7, 11) is 2.20. The lowest BCUT2D eigenvalue weighted by molar-refractivity contribution is 0.551. The smallest absolute Gasteiger partial charge is 0.0642 e. The van der Waals surface area contributed by atoms with Gasteiger partial charge in [-0.25, -0.2) is 0 Å². The molecule has 0 heterocycles. The van der Waals surface area contributed by atoms with Crippen molar-refractivity contribution in [3.63, 3.8) is 0 Å². The van der Waals surface area contributed by atoms with Gasteiger partial charge in [0.1, 0.15) is 0 Å². The van der Waals surface area contributed by atoms with E-state index in [1.165, 1.54) is 36.9 Å². The molecule has 1 aliphatic rings. The first kappa shape index (κ1) is 15.7. The van der Waals surface area contributed by atoms with Gasteiger partial charge in [0.25, 0.3) is 0 Å². The third-order valence-corrected chi connectivity index (χ3v) is 4.47. The highest BCUT2D eigenvalue weighted by Gasteiger charge is 2.23. The van der Waals surface area contributed by atoms with Gasteiger partial charge in [0, 0.05) is 19.6 Å². The second-order valence-corrected chi connectivity index (χ2v) is 6.73. The van der Waals surface area contributed by atoms with Gasteiger partial charge in [-0.05, 0) is 36.9 Å². The van der Waals surface area contributed by atoms with Crippen molar-refractivity contribution in [3.8, 4) is 0 Å². The Balaban J connectivity index is 2.12. The van der Waals surface area contributed by atoms with E-state index in [9.17, 15) is 0 Å². The lowest BCUT2D eigenvalue weighted by atomic mass is 10.1. The number of para-hydroxylation sites is 1. The van der Waals surface area contributed by atoms with E-state index in [-0.39, 0.29) is 0 Å². The molecule has 1 saturated carbocycles. The fourth-order valence-electron chi connectivity index (χ4n) is 3.07. The minimum atomic E-state index is 0.652. The summed E-state index contributed by atoms with van der Waals surface area (Å²) in [5.74, 6) is 0.671. The summed E-state index contributed by atoms with van der Waals surface area (Å²) in [6.07, 6.45) is 5.28. The first-order chi connectivity index (χ1) is 9.59. The van der Waals surface area contributed by atoms with Gasteiger partial charge in [-0.3, -0.25) is 0 Å². The van der Waals surface area contributed by atoms with Gasteiger partial charge in [0.2, 0.25) is 0 Å². The maximum atomic E-state index is 6.47. The van der Waals surface area contributed by atoms with Crippen molar-refractivity contribution in [3.05, 3.63) is 28.8 Å². The highest BCUT2D eigenvalue weighted by molar-refractivity contribution is 6.33. The largest absolute Gasteiger partial charge is 0.370 e. The Hall–Kier alpha value is -0.730. The van der Waals surface area contributed by atoms with E-state index in [1.807, 2.05) is 6.07 Å². The Morgan fingerprint density at radius 2 is 2.00 bits per heavy atom. The van der Waals surface area contributed by atoms with Gasteiger partial charge >= 0.3 is 0 Å². The number of anilines is 1. The Kier molecular flexibility index (Phi) is 5.74. The molecule has 0 spiro atoms. The Morgan fingerprint density at radius 1 is 1.30 bits per heavy atom. The minimum Gasteiger partial charge on any atom is -0.370 e. The van der Waals surface area contributed by atoms with Crippen LogP contribution in [-0.2, 0) is 6.54 Å². The first-order valence-electron chi connectivity index (χ1n) is 7.80. The molecule has 0 atom stereocenters. The summed E-state index contributed by atoms with van der Waals surface area (Å²) in [5.41, 5.74) is 2.53. The predicted octanol–water partition coefficient (Wildman–Crippen LogP) is 4.46. The van der Waals surface area contributed by atoms with E-state index in [4.69, 9.17) is 11.6 Å². The van der Waals surface area contributed by atoms with Crippen LogP contribution in [-0.4, -0.2) is 19.6 Å². The molecule has 20 heavy (non-hydrogen) atoms. The molecule has 0 saturated heterocycles. The van der Waals surface area contributed by atoms with Crippen molar-refractivity contribution in [1.29, 1.82) is 0 Å². The molecule has 2 nitrogen and oxygen atoms in total. The molecule has 0 aliphatic heterocycles. The molecular formula is C17H27ClN2. The van der Waals surface area contributed by atoms with Crippen LogP contribution in [0.5, 0.6) is 0 Å². The van der Waals surface area contributed by atoms with Crippen LogP contribution in [0.15, 0.2) is 18.2 Å². The molecule has 1 aliphatic carbocycles. The SMILES string of the molecule is CC(C)CNCc1cccc(Cl)c1N(C)C1CCCC1. The predicted molar refractivity (Wildman–Crippen MR) is 88.7 cm³/mol. The molecule has 3 heteroatoms. The molecule has 0 amide bonds. The van der Waals surface area contributed by atoms with E-state index in [0.717, 1.165) is 18.1 Å². The summed E-state index contributed by atoms with van der Waals surface area (Å²) in [6, 6.07) is 6.91. The average Bonchev–Trinajstić information content (AvgIpc) is 2.91. The van der Waals surface area contributed by atoms with Crippen molar-refractivity contribution >= 4 is 17.3 Å². The standard InChI is InChI=1S/C17H27ClN2/c1-13(2)11-19-12-14-7-6-10-16(18)17(14)20(3)15-8-4-5-9-15/h6-7,10,13,15,19H,4-5,8-9,11-12H2,1-3H3. The van der Waals surface area contributed by atoms with Gasteiger partial charge in [-0.15, -0.1) is 0 Å². The molecule has 1 aromatic rings. The van der Waals surface area contributed by atoms with Crippen molar-refractivity contribution in [2.45, 2.75) is 52.1 Å². The number of nitrogens with one attached hydrogen (secondary N) is 1. The molecule has 0 radical (unpaired) electrons. The van der Waals surface area contributed by atoms with Gasteiger partial charge in [0.15, 0.2) is 0 Å². The van der Waals surface area contributed by atoms with Gasteiger partial charge in [0.05, 0.1) is 10.7 Å². The maximum absolute atomic E-state index is 6.47. The summed E-state index contributed by atoms with van der Waals surface area (Å²) < 4.78 is 0. The molecular weight excluding hydrogens is 268 g/mol. The molecule has 2 rings (SSSR count). The molecule has 1 N–H and O–H groups in total. The van der Waals surface area contributed by atoms with E-state index >= 15 is 0 Å². The number of hydrogen-bond acceptors (Lipinski definition) is 2. The Bertz CT molecular complexity index is 425. The fourth-order valence-corrected chi connectivity index (χ4v) is 3.39. The molecule has 112 valence electrons. The van der Waals surface area contributed by atoms with Gasteiger partial charge in [-0.1, -0.05) is 50.4 Å². The second kappa shape index (κ2) is 7.33. The zero-order valence-electron chi connectivity index (χ0n) is 13.0. The minimum absolute atomic E-state index is 0.652. The van der Waals surface area contributed by atoms with Crippen molar-refractivity contribution < 1.29 is 0 Å². The van der Waals surface area contributed by atoms with Crippen LogP contribution in [0.25, 0.3) is 0 Å². The number of halogens is 1. The van der Waals surface area contributed by atoms with Crippen molar-refractivity contribution in [1.82, 2.24) is 5.32 Å². The number of nitrogens with zero attached hydrogens (tertiary/aromatic N) is 1. The zero-order chi connectivity index (χ0) is 14.5. The maximum Gasteiger partial charge on any atom is 0.0642 e. The van der Waals surface area contributed by atoms with Crippen LogP contribution in [0.3, 0.4) is 0 Å². The van der Waals surface area contributed by atoms with E-state index in [0.29, 0.717) is 12.0 Å². The highest BCUT2D eigenvalue weighted by Crippen LogP contribution is 2.34. The van der Waals surface area contributed by atoms with Gasteiger partial charge < -0.3 is 10.2 Å². The number of rotatable bonds is 6. The second-order valence-electron chi connectivity index (χ2n) is 6.32. The molecule has 0 unspecified atom stereocenters. The number of benzene rings is 1. The third kappa shape index (κ3) is 3.89. The monoisotopic (exact) mass is 294 g/mol. The van der Waals surface area contributed by atoms with Gasteiger partial charge in [-0.2, -0.15) is 0 Å². The summed E-state index contributed by atoms with van der Waals surface area (Å²) in [4.78, 5) is 2.40. The van der Waals surface area contributed by atoms with Crippen LogP contribution in [0, 0.1) is 5.92 Å². The highest BCUT2D eigenvalue weighted by atomic mass is 35.5. The van der Waals surface area contributed by atoms with Crippen LogP contribution in [0.1, 0.15) is 45.1 Å². The van der Waals surface area contributed by atoms with Crippen LogP contribution in [0.2, 0.25) is 5.02 Å². The lowest BCUT2D eigenvalue weighted by Crippen LogP contribution is -2.31. The average molecular weight is 295 g/mol. The Morgan fingerprint density at radius 3 is 2.65 bits per heavy atom.